The number of hydrogen-bond acceptors (Lipinski definition) is 9. The lowest BCUT2D eigenvalue weighted by Gasteiger charge is -2.45. The van der Waals surface area contributed by atoms with Gasteiger partial charge in [-0.2, -0.15) is 0 Å². The van der Waals surface area contributed by atoms with Crippen molar-refractivity contribution >= 4 is 23.4 Å². The Bertz CT molecular complexity index is 1490. The average Bonchev–Trinajstić information content (AvgIpc) is 3.18. The number of aromatic hydroxyl groups is 1. The van der Waals surface area contributed by atoms with Crippen molar-refractivity contribution in [2.75, 3.05) is 26.7 Å². The third kappa shape index (κ3) is 3.76. The van der Waals surface area contributed by atoms with Crippen molar-refractivity contribution in [2.24, 2.45) is 23.0 Å². The lowest BCUT2D eigenvalue weighted by atomic mass is 9.60. The van der Waals surface area contributed by atoms with E-state index in [1.165, 1.54) is 6.07 Å². The topological polar surface area (TPSA) is 182 Å². The summed E-state index contributed by atoms with van der Waals surface area (Å²) in [6.45, 7) is 2.06. The first-order valence-corrected chi connectivity index (χ1v) is 13.8. The Morgan fingerprint density at radius 1 is 1.10 bits per heavy atom. The van der Waals surface area contributed by atoms with Crippen molar-refractivity contribution in [2.45, 2.75) is 50.7 Å². The number of phenols is 1. The van der Waals surface area contributed by atoms with E-state index in [1.54, 1.807) is 11.9 Å². The number of hydrogen-bond donors (Lipinski definition) is 5. The summed E-state index contributed by atoms with van der Waals surface area (Å²) in [5, 5.41) is 43.5. The van der Waals surface area contributed by atoms with Crippen LogP contribution in [-0.2, 0) is 27.3 Å². The monoisotopic (exact) mass is 569 g/mol. The molecule has 0 bridgehead atoms. The summed E-state index contributed by atoms with van der Waals surface area (Å²) in [5.41, 5.74) is 0.837. The second-order valence-corrected chi connectivity index (χ2v) is 12.2. The minimum Gasteiger partial charge on any atom is -0.511 e. The first-order chi connectivity index (χ1) is 19.3. The van der Waals surface area contributed by atoms with Gasteiger partial charge in [-0.25, -0.2) is 4.39 Å². The summed E-state index contributed by atoms with van der Waals surface area (Å²) >= 11 is 0. The second-order valence-electron chi connectivity index (χ2n) is 12.2. The van der Waals surface area contributed by atoms with Gasteiger partial charge in [-0.05, 0) is 57.2 Å². The van der Waals surface area contributed by atoms with Crippen molar-refractivity contribution in [1.29, 1.82) is 0 Å². The van der Waals surface area contributed by atoms with Gasteiger partial charge in [0.25, 0.3) is 5.91 Å². The van der Waals surface area contributed by atoms with Crippen LogP contribution < -0.4 is 5.73 Å². The SMILES string of the molecule is CN1CCC2(CCN(Cc3cc(O)c4c(c3F)CC3C[C@H]5CC(O)=C(C(N)=O)C(=O)[C@@]5(O)C(O)=C3C4=O)CC2)C1=O. The standard InChI is InChI=1S/C29H32FN3O8/c1-32-5-2-28(27(32)40)3-6-33(7-4-28)12-14-10-17(34)20-16(22(14)30)9-13-8-15-11-18(35)21(26(31)39)25(38)29(15,41)24(37)19(13)23(20)36/h10,13,15,34-35,37,41H,2-9,11-12H2,1H3,(H2,31,39)/t13?,15-,29-/m0/s1. The number of ketones is 2. The number of aliphatic hydroxyl groups is 3. The van der Waals surface area contributed by atoms with E-state index in [9.17, 15) is 39.6 Å². The van der Waals surface area contributed by atoms with Crippen molar-refractivity contribution in [3.05, 3.63) is 51.2 Å². The highest BCUT2D eigenvalue weighted by Crippen LogP contribution is 2.52. The van der Waals surface area contributed by atoms with Gasteiger partial charge in [0.05, 0.1) is 11.0 Å². The van der Waals surface area contributed by atoms with Crippen LogP contribution in [-0.4, -0.2) is 85.9 Å². The van der Waals surface area contributed by atoms with Crippen LogP contribution in [0.25, 0.3) is 0 Å². The fourth-order valence-corrected chi connectivity index (χ4v) is 7.68. The highest BCUT2D eigenvalue weighted by atomic mass is 19.1. The van der Waals surface area contributed by atoms with Crippen molar-refractivity contribution < 1.29 is 44.0 Å². The van der Waals surface area contributed by atoms with Gasteiger partial charge in [-0.3, -0.25) is 24.1 Å². The molecule has 1 spiro atoms. The first kappa shape index (κ1) is 27.4. The minimum absolute atomic E-state index is 0.0159. The number of allylic oxidation sites excluding steroid dienone is 2. The maximum atomic E-state index is 16.0. The number of rotatable bonds is 3. The van der Waals surface area contributed by atoms with E-state index in [0.29, 0.717) is 25.9 Å². The molecule has 6 N–H and O–H groups in total. The lowest BCUT2D eigenvalue weighted by Crippen LogP contribution is -2.57. The molecule has 218 valence electrons. The molecule has 11 nitrogen and oxygen atoms in total. The number of nitrogens with zero attached hydrogens (tertiary/aromatic N) is 2. The third-order valence-electron chi connectivity index (χ3n) is 10.0. The number of primary amides is 1. The molecule has 1 unspecified atom stereocenters. The molecule has 2 amide bonds. The number of carbonyl (C=O) groups is 4. The third-order valence-corrected chi connectivity index (χ3v) is 10.0. The highest BCUT2D eigenvalue weighted by Gasteiger charge is 2.60. The number of piperidine rings is 1. The predicted molar refractivity (Wildman–Crippen MR) is 140 cm³/mol. The molecule has 3 aliphatic carbocycles. The molecule has 0 aromatic heterocycles. The summed E-state index contributed by atoms with van der Waals surface area (Å²) in [6, 6.07) is 1.18. The number of aliphatic hydroxyl groups excluding tert-OH is 2. The van der Waals surface area contributed by atoms with Gasteiger partial charge in [0, 0.05) is 49.2 Å². The van der Waals surface area contributed by atoms with Gasteiger partial charge in [0.1, 0.15) is 28.7 Å². The molecule has 2 heterocycles. The van der Waals surface area contributed by atoms with E-state index in [2.05, 4.69) is 0 Å². The molecule has 41 heavy (non-hydrogen) atoms. The second kappa shape index (κ2) is 9.12. The van der Waals surface area contributed by atoms with E-state index < -0.39 is 63.6 Å². The van der Waals surface area contributed by atoms with Gasteiger partial charge in [-0.1, -0.05) is 0 Å². The lowest BCUT2D eigenvalue weighted by molar-refractivity contribution is -0.144. The Morgan fingerprint density at radius 3 is 2.37 bits per heavy atom. The average molecular weight is 570 g/mol. The zero-order valence-corrected chi connectivity index (χ0v) is 22.6. The van der Waals surface area contributed by atoms with Crippen LogP contribution in [0, 0.1) is 23.1 Å². The fourth-order valence-electron chi connectivity index (χ4n) is 7.68. The normalized spacial score (nSPS) is 29.6. The minimum atomic E-state index is -2.66. The van der Waals surface area contributed by atoms with E-state index in [4.69, 9.17) is 5.73 Å². The number of Topliss-reactive ketones (excluding diaryl/α,β-unsaturated/α-hetero) is 2. The molecular formula is C29H32FN3O8. The molecular weight excluding hydrogens is 537 g/mol. The van der Waals surface area contributed by atoms with E-state index >= 15 is 4.39 Å². The van der Waals surface area contributed by atoms with Crippen LogP contribution in [0.15, 0.2) is 28.7 Å². The Hall–Kier alpha value is -3.77. The summed E-state index contributed by atoms with van der Waals surface area (Å²) in [7, 11) is 1.80. The first-order valence-electron chi connectivity index (χ1n) is 13.8. The molecule has 0 saturated carbocycles. The summed E-state index contributed by atoms with van der Waals surface area (Å²) < 4.78 is 16.0. The van der Waals surface area contributed by atoms with Crippen molar-refractivity contribution in [1.82, 2.24) is 9.80 Å². The van der Waals surface area contributed by atoms with Gasteiger partial charge in [0.2, 0.25) is 11.7 Å². The van der Waals surface area contributed by atoms with Crippen molar-refractivity contribution in [3.63, 3.8) is 0 Å². The molecule has 3 atom stereocenters. The zero-order valence-electron chi connectivity index (χ0n) is 22.6. The van der Waals surface area contributed by atoms with Crippen LogP contribution in [0.5, 0.6) is 5.75 Å². The van der Waals surface area contributed by atoms with Crippen LogP contribution in [0.2, 0.25) is 0 Å². The van der Waals surface area contributed by atoms with E-state index in [1.807, 2.05) is 4.90 Å². The van der Waals surface area contributed by atoms with Crippen molar-refractivity contribution in [3.8, 4) is 5.75 Å². The number of halogens is 1. The Kier molecular flexibility index (Phi) is 6.09. The van der Waals surface area contributed by atoms with Crippen LogP contribution in [0.3, 0.4) is 0 Å². The largest absolute Gasteiger partial charge is 0.511 e. The van der Waals surface area contributed by atoms with Gasteiger partial charge in [-0.15, -0.1) is 0 Å². The molecule has 12 heteroatoms. The van der Waals surface area contributed by atoms with Gasteiger partial charge in [0.15, 0.2) is 11.4 Å². The number of amides is 2. The zero-order chi connectivity index (χ0) is 29.6. The van der Waals surface area contributed by atoms with Crippen LogP contribution in [0.4, 0.5) is 4.39 Å². The molecule has 6 rings (SSSR count). The predicted octanol–water partition coefficient (Wildman–Crippen LogP) is 1.16. The van der Waals surface area contributed by atoms with E-state index in [0.717, 1.165) is 13.0 Å². The smallest absolute Gasteiger partial charge is 0.255 e. The number of fused-ring (bicyclic) bond motifs is 3. The number of phenolic OH excluding ortho intramolecular Hbond substituents is 1. The van der Waals surface area contributed by atoms with Crippen LogP contribution in [0.1, 0.15) is 53.6 Å². The maximum Gasteiger partial charge on any atom is 0.255 e. The molecule has 1 aromatic carbocycles. The molecule has 1 aromatic rings. The Labute approximate surface area is 234 Å². The van der Waals surface area contributed by atoms with E-state index in [-0.39, 0.29) is 59.4 Å². The molecule has 2 aliphatic heterocycles. The maximum absolute atomic E-state index is 16.0. The van der Waals surface area contributed by atoms with Gasteiger partial charge >= 0.3 is 0 Å². The quantitative estimate of drug-likeness (QED) is 0.334. The molecule has 2 fully saturated rings. The van der Waals surface area contributed by atoms with Crippen LogP contribution >= 0.6 is 0 Å². The molecule has 2 saturated heterocycles. The number of carbonyl (C=O) groups excluding carboxylic acids is 4. The fraction of sp³-hybridized carbons (Fsp3) is 0.517. The van der Waals surface area contributed by atoms with Gasteiger partial charge < -0.3 is 31.1 Å². The molecule has 0 radical (unpaired) electrons. The highest BCUT2D eigenvalue weighted by molar-refractivity contribution is 6.24. The number of nitrogens with two attached hydrogens (primary N) is 1. The summed E-state index contributed by atoms with van der Waals surface area (Å²) in [5.74, 6) is -7.96. The summed E-state index contributed by atoms with van der Waals surface area (Å²) in [4.78, 5) is 54.8. The molecule has 5 aliphatic rings. The number of likely N-dealkylation sites (tertiary alicyclic amines) is 2. The Morgan fingerprint density at radius 2 is 1.76 bits per heavy atom. The Balaban J connectivity index is 1.30. The summed E-state index contributed by atoms with van der Waals surface area (Å²) in [6.07, 6.45) is 1.61. The number of benzene rings is 1.